The van der Waals surface area contributed by atoms with E-state index < -0.39 is 0 Å². The summed E-state index contributed by atoms with van der Waals surface area (Å²) in [5.74, 6) is 0.490. The molecule has 0 spiro atoms. The number of hydrogen-bond acceptors (Lipinski definition) is 4. The van der Waals surface area contributed by atoms with Crippen LogP contribution in [0.2, 0.25) is 0 Å². The zero-order valence-electron chi connectivity index (χ0n) is 11.8. The van der Waals surface area contributed by atoms with Crippen molar-refractivity contribution in [2.75, 3.05) is 18.9 Å². The lowest BCUT2D eigenvalue weighted by molar-refractivity contribution is 0.0963. The van der Waals surface area contributed by atoms with Crippen molar-refractivity contribution in [2.45, 2.75) is 6.42 Å². The Labute approximate surface area is 123 Å². The van der Waals surface area contributed by atoms with E-state index in [0.29, 0.717) is 23.5 Å². The lowest BCUT2D eigenvalue weighted by Crippen LogP contribution is -2.18. The van der Waals surface area contributed by atoms with E-state index >= 15 is 0 Å². The maximum Gasteiger partial charge on any atom is 0.251 e. The van der Waals surface area contributed by atoms with Gasteiger partial charge in [-0.25, -0.2) is 4.98 Å². The molecule has 5 nitrogen and oxygen atoms in total. The number of hydrogen-bond donors (Lipinski definition) is 2. The first kappa shape index (κ1) is 14.5. The van der Waals surface area contributed by atoms with Crippen molar-refractivity contribution >= 4 is 11.7 Å². The SMILES string of the molecule is CNC(=O)c1cccc(CCNc2ncccc2C#N)c1. The highest BCUT2D eigenvalue weighted by Crippen LogP contribution is 2.10. The van der Waals surface area contributed by atoms with Crippen LogP contribution in [0, 0.1) is 11.3 Å². The summed E-state index contributed by atoms with van der Waals surface area (Å²) in [5, 5.41) is 14.7. The highest BCUT2D eigenvalue weighted by atomic mass is 16.1. The van der Waals surface area contributed by atoms with Gasteiger partial charge in [0, 0.05) is 25.4 Å². The molecule has 0 aliphatic carbocycles. The minimum atomic E-state index is -0.0960. The van der Waals surface area contributed by atoms with Crippen molar-refractivity contribution < 1.29 is 4.79 Å². The Kier molecular flexibility index (Phi) is 4.89. The molecule has 21 heavy (non-hydrogen) atoms. The number of benzene rings is 1. The Morgan fingerprint density at radius 2 is 2.19 bits per heavy atom. The summed E-state index contributed by atoms with van der Waals surface area (Å²) in [7, 11) is 1.61. The molecule has 0 saturated heterocycles. The zero-order valence-corrected chi connectivity index (χ0v) is 11.8. The van der Waals surface area contributed by atoms with Gasteiger partial charge in [0.15, 0.2) is 0 Å². The molecule has 2 aromatic rings. The summed E-state index contributed by atoms with van der Waals surface area (Å²) >= 11 is 0. The summed E-state index contributed by atoms with van der Waals surface area (Å²) in [6.07, 6.45) is 2.39. The van der Waals surface area contributed by atoms with Crippen LogP contribution in [0.15, 0.2) is 42.6 Å². The van der Waals surface area contributed by atoms with E-state index in [1.54, 1.807) is 31.4 Å². The summed E-state index contributed by atoms with van der Waals surface area (Å²) < 4.78 is 0. The predicted octanol–water partition coefficient (Wildman–Crippen LogP) is 1.97. The molecule has 1 aromatic heterocycles. The Balaban J connectivity index is 1.98. The Hall–Kier alpha value is -2.87. The maximum absolute atomic E-state index is 11.6. The number of carbonyl (C=O) groups is 1. The van der Waals surface area contributed by atoms with Crippen molar-refractivity contribution in [1.82, 2.24) is 10.3 Å². The number of carbonyl (C=O) groups excluding carboxylic acids is 1. The third-order valence-electron chi connectivity index (χ3n) is 3.05. The van der Waals surface area contributed by atoms with E-state index in [1.165, 1.54) is 0 Å². The molecule has 1 amide bonds. The highest BCUT2D eigenvalue weighted by Gasteiger charge is 2.04. The number of nitrogens with zero attached hydrogens (tertiary/aromatic N) is 2. The zero-order chi connectivity index (χ0) is 15.1. The summed E-state index contributed by atoms with van der Waals surface area (Å²) in [6, 6.07) is 13.0. The molecular weight excluding hydrogens is 264 g/mol. The maximum atomic E-state index is 11.6. The number of rotatable bonds is 5. The van der Waals surface area contributed by atoms with Crippen LogP contribution in [0.1, 0.15) is 21.5 Å². The van der Waals surface area contributed by atoms with Crippen molar-refractivity contribution in [3.05, 3.63) is 59.3 Å². The van der Waals surface area contributed by atoms with Crippen molar-refractivity contribution in [3.63, 3.8) is 0 Å². The molecule has 1 aromatic carbocycles. The lowest BCUT2D eigenvalue weighted by atomic mass is 10.1. The second-order valence-electron chi connectivity index (χ2n) is 4.47. The number of nitrogens with one attached hydrogen (secondary N) is 2. The van der Waals surface area contributed by atoms with Gasteiger partial charge in [0.25, 0.3) is 5.91 Å². The Bertz CT molecular complexity index is 676. The summed E-state index contributed by atoms with van der Waals surface area (Å²) in [6.45, 7) is 0.642. The normalized spacial score (nSPS) is 9.71. The number of pyridine rings is 1. The van der Waals surface area contributed by atoms with Crippen LogP contribution in [0.3, 0.4) is 0 Å². The van der Waals surface area contributed by atoms with Gasteiger partial charge < -0.3 is 10.6 Å². The van der Waals surface area contributed by atoms with Crippen molar-refractivity contribution in [2.24, 2.45) is 0 Å². The first-order valence-corrected chi connectivity index (χ1v) is 6.64. The minimum Gasteiger partial charge on any atom is -0.369 e. The molecule has 0 bridgehead atoms. The fraction of sp³-hybridized carbons (Fsp3) is 0.188. The fourth-order valence-corrected chi connectivity index (χ4v) is 1.97. The molecular formula is C16H16N4O. The third kappa shape index (κ3) is 3.80. The van der Waals surface area contributed by atoms with Crippen LogP contribution in [-0.4, -0.2) is 24.5 Å². The van der Waals surface area contributed by atoms with Gasteiger partial charge >= 0.3 is 0 Å². The van der Waals surface area contributed by atoms with Gasteiger partial charge in [-0.05, 0) is 36.2 Å². The molecule has 0 aliphatic rings. The first-order valence-electron chi connectivity index (χ1n) is 6.64. The van der Waals surface area contributed by atoms with Gasteiger partial charge in [0.2, 0.25) is 0 Å². The number of anilines is 1. The van der Waals surface area contributed by atoms with Crippen molar-refractivity contribution in [1.29, 1.82) is 5.26 Å². The summed E-state index contributed by atoms with van der Waals surface area (Å²) in [4.78, 5) is 15.7. The van der Waals surface area contributed by atoms with Crippen LogP contribution < -0.4 is 10.6 Å². The van der Waals surface area contributed by atoms with E-state index in [0.717, 1.165) is 12.0 Å². The summed E-state index contributed by atoms with van der Waals surface area (Å²) in [5.41, 5.74) is 2.22. The second-order valence-corrected chi connectivity index (χ2v) is 4.47. The topological polar surface area (TPSA) is 77.8 Å². The molecule has 1 heterocycles. The van der Waals surface area contributed by atoms with Gasteiger partial charge in [-0.15, -0.1) is 0 Å². The molecule has 0 atom stereocenters. The van der Waals surface area contributed by atoms with E-state index in [9.17, 15) is 4.79 Å². The Morgan fingerprint density at radius 1 is 1.33 bits per heavy atom. The van der Waals surface area contributed by atoms with Crippen LogP contribution >= 0.6 is 0 Å². The fourth-order valence-electron chi connectivity index (χ4n) is 1.97. The molecule has 0 fully saturated rings. The molecule has 0 radical (unpaired) electrons. The molecule has 2 rings (SSSR count). The number of amides is 1. The lowest BCUT2D eigenvalue weighted by Gasteiger charge is -2.08. The molecule has 0 aliphatic heterocycles. The van der Waals surface area contributed by atoms with E-state index in [4.69, 9.17) is 5.26 Å². The number of aromatic nitrogens is 1. The molecule has 2 N–H and O–H groups in total. The minimum absolute atomic E-state index is 0.0960. The van der Waals surface area contributed by atoms with E-state index in [1.807, 2.05) is 18.2 Å². The van der Waals surface area contributed by atoms with Crippen molar-refractivity contribution in [3.8, 4) is 6.07 Å². The van der Waals surface area contributed by atoms with Gasteiger partial charge in [-0.2, -0.15) is 5.26 Å². The van der Waals surface area contributed by atoms with Crippen LogP contribution in [0.25, 0.3) is 0 Å². The van der Waals surface area contributed by atoms with Gasteiger partial charge in [0.1, 0.15) is 11.9 Å². The molecule has 0 saturated carbocycles. The average molecular weight is 280 g/mol. The van der Waals surface area contributed by atoms with Gasteiger partial charge in [-0.3, -0.25) is 4.79 Å². The monoisotopic (exact) mass is 280 g/mol. The highest BCUT2D eigenvalue weighted by molar-refractivity contribution is 5.94. The van der Waals surface area contributed by atoms with E-state index in [2.05, 4.69) is 21.7 Å². The van der Waals surface area contributed by atoms with Crippen LogP contribution in [-0.2, 0) is 6.42 Å². The van der Waals surface area contributed by atoms with Crippen LogP contribution in [0.4, 0.5) is 5.82 Å². The second kappa shape index (κ2) is 7.06. The molecule has 0 unspecified atom stereocenters. The molecule has 106 valence electrons. The predicted molar refractivity (Wildman–Crippen MR) is 81.0 cm³/mol. The number of nitriles is 1. The standard InChI is InChI=1S/C16H16N4O/c1-18-16(21)13-5-2-4-12(10-13)7-9-20-15-14(11-17)6-3-8-19-15/h2-6,8,10H,7,9H2,1H3,(H,18,21)(H,19,20). The largest absolute Gasteiger partial charge is 0.369 e. The quantitative estimate of drug-likeness (QED) is 0.877. The van der Waals surface area contributed by atoms with Gasteiger partial charge in [0.05, 0.1) is 5.56 Å². The average Bonchev–Trinajstić information content (AvgIpc) is 2.55. The van der Waals surface area contributed by atoms with E-state index in [-0.39, 0.29) is 5.91 Å². The smallest absolute Gasteiger partial charge is 0.251 e. The van der Waals surface area contributed by atoms with Crippen LogP contribution in [0.5, 0.6) is 0 Å². The van der Waals surface area contributed by atoms with Gasteiger partial charge in [-0.1, -0.05) is 12.1 Å². The first-order chi connectivity index (χ1) is 10.2. The molecule has 5 heteroatoms. The Morgan fingerprint density at radius 3 is 2.95 bits per heavy atom. The third-order valence-corrected chi connectivity index (χ3v) is 3.05.